The number of benzene rings is 1. The molecule has 0 spiro atoms. The topological polar surface area (TPSA) is 101 Å². The zero-order valence-electron chi connectivity index (χ0n) is 15.8. The first-order valence-corrected chi connectivity index (χ1v) is 10.4. The van der Waals surface area contributed by atoms with Gasteiger partial charge in [0, 0.05) is 17.6 Å². The second kappa shape index (κ2) is 7.47. The Kier molecular flexibility index (Phi) is 5.24. The van der Waals surface area contributed by atoms with Crippen LogP contribution in [0.3, 0.4) is 0 Å². The molecule has 8 heteroatoms. The Morgan fingerprint density at radius 2 is 1.93 bits per heavy atom. The lowest BCUT2D eigenvalue weighted by atomic mass is 10.2. The number of aromatic hydroxyl groups is 1. The number of nitrogens with zero attached hydrogens (tertiary/aromatic N) is 2. The van der Waals surface area contributed by atoms with E-state index in [0.29, 0.717) is 17.1 Å². The Hall–Kier alpha value is -3.13. The summed E-state index contributed by atoms with van der Waals surface area (Å²) in [5.41, 5.74) is 1.96. The standard InChI is InChI=1S/C20H21N3O4S/c1-4-28(26,27)15-8-9-18(24)17(12-15)22-20(25)16-11-13(2)23(14(16)3)19-7-5-6-10-21-19/h5-12,24H,4H2,1-3H3,(H,22,25). The molecule has 0 aliphatic heterocycles. The van der Waals surface area contributed by atoms with Crippen LogP contribution in [0.2, 0.25) is 0 Å². The summed E-state index contributed by atoms with van der Waals surface area (Å²) in [5.74, 6) is -0.0369. The fraction of sp³-hybridized carbons (Fsp3) is 0.200. The number of sulfone groups is 1. The van der Waals surface area contributed by atoms with Gasteiger partial charge in [0.1, 0.15) is 11.6 Å². The van der Waals surface area contributed by atoms with E-state index >= 15 is 0 Å². The molecule has 2 N–H and O–H groups in total. The molecule has 0 radical (unpaired) electrons. The first-order chi connectivity index (χ1) is 13.2. The van der Waals surface area contributed by atoms with E-state index in [-0.39, 0.29) is 22.1 Å². The molecule has 2 heterocycles. The monoisotopic (exact) mass is 399 g/mol. The molecule has 0 unspecified atom stereocenters. The van der Waals surface area contributed by atoms with Gasteiger partial charge in [-0.15, -0.1) is 0 Å². The average molecular weight is 399 g/mol. The van der Waals surface area contributed by atoms with Crippen molar-refractivity contribution in [2.45, 2.75) is 25.7 Å². The first kappa shape index (κ1) is 19.6. The minimum Gasteiger partial charge on any atom is -0.506 e. The molecule has 0 aliphatic rings. The van der Waals surface area contributed by atoms with Crippen molar-refractivity contribution in [2.24, 2.45) is 0 Å². The Morgan fingerprint density at radius 1 is 1.18 bits per heavy atom. The second-order valence-electron chi connectivity index (χ2n) is 6.34. The van der Waals surface area contributed by atoms with Crippen LogP contribution in [-0.2, 0) is 9.84 Å². The number of phenolic OH excluding ortho intramolecular Hbond substituents is 1. The van der Waals surface area contributed by atoms with Crippen molar-refractivity contribution in [3.63, 3.8) is 0 Å². The van der Waals surface area contributed by atoms with Crippen LogP contribution in [0.5, 0.6) is 5.75 Å². The quantitative estimate of drug-likeness (QED) is 0.642. The second-order valence-corrected chi connectivity index (χ2v) is 8.62. The van der Waals surface area contributed by atoms with Crippen LogP contribution in [0.15, 0.2) is 53.6 Å². The van der Waals surface area contributed by atoms with E-state index in [9.17, 15) is 18.3 Å². The first-order valence-electron chi connectivity index (χ1n) is 8.72. The number of hydrogen-bond acceptors (Lipinski definition) is 5. The zero-order chi connectivity index (χ0) is 20.5. The Bertz CT molecular complexity index is 1140. The van der Waals surface area contributed by atoms with Crippen molar-refractivity contribution in [3.8, 4) is 11.6 Å². The summed E-state index contributed by atoms with van der Waals surface area (Å²) in [6.45, 7) is 5.20. The predicted octanol–water partition coefficient (Wildman–Crippen LogP) is 3.24. The molecule has 1 aromatic carbocycles. The molecule has 0 fully saturated rings. The summed E-state index contributed by atoms with van der Waals surface area (Å²) in [7, 11) is -3.46. The van der Waals surface area contributed by atoms with Crippen molar-refractivity contribution in [1.82, 2.24) is 9.55 Å². The highest BCUT2D eigenvalue weighted by Crippen LogP contribution is 2.28. The predicted molar refractivity (Wildman–Crippen MR) is 107 cm³/mol. The van der Waals surface area contributed by atoms with Crippen LogP contribution < -0.4 is 5.32 Å². The normalized spacial score (nSPS) is 11.4. The molecule has 1 amide bonds. The highest BCUT2D eigenvalue weighted by molar-refractivity contribution is 7.91. The van der Waals surface area contributed by atoms with Crippen LogP contribution in [0.4, 0.5) is 5.69 Å². The molecular formula is C20H21N3O4S. The van der Waals surface area contributed by atoms with E-state index in [0.717, 1.165) is 5.69 Å². The Labute approximate surface area is 163 Å². The van der Waals surface area contributed by atoms with Crippen LogP contribution in [0, 0.1) is 13.8 Å². The van der Waals surface area contributed by atoms with E-state index in [1.807, 2.05) is 29.7 Å². The third-order valence-corrected chi connectivity index (χ3v) is 6.24. The number of amides is 1. The molecule has 0 atom stereocenters. The number of nitrogens with one attached hydrogen (secondary N) is 1. The number of hydrogen-bond donors (Lipinski definition) is 2. The number of pyridine rings is 1. The molecule has 0 saturated carbocycles. The molecule has 146 valence electrons. The van der Waals surface area contributed by atoms with Gasteiger partial charge in [-0.25, -0.2) is 13.4 Å². The maximum absolute atomic E-state index is 12.8. The van der Waals surface area contributed by atoms with Gasteiger partial charge in [-0.3, -0.25) is 4.79 Å². The van der Waals surface area contributed by atoms with E-state index in [2.05, 4.69) is 10.3 Å². The van der Waals surface area contributed by atoms with Crippen molar-refractivity contribution >= 4 is 21.4 Å². The number of carbonyl (C=O) groups excluding carboxylic acids is 1. The van der Waals surface area contributed by atoms with Crippen molar-refractivity contribution in [3.05, 3.63) is 65.6 Å². The van der Waals surface area contributed by atoms with Gasteiger partial charge in [0.05, 0.1) is 21.9 Å². The number of phenols is 1. The number of anilines is 1. The molecule has 0 bridgehead atoms. The van der Waals surface area contributed by atoms with Gasteiger partial charge in [0.2, 0.25) is 0 Å². The maximum Gasteiger partial charge on any atom is 0.257 e. The lowest BCUT2D eigenvalue weighted by Gasteiger charge is -2.11. The number of rotatable bonds is 5. The smallest absolute Gasteiger partial charge is 0.257 e. The minimum atomic E-state index is -3.46. The fourth-order valence-electron chi connectivity index (χ4n) is 3.00. The van der Waals surface area contributed by atoms with Crippen LogP contribution in [-0.4, -0.2) is 34.7 Å². The maximum atomic E-state index is 12.8. The van der Waals surface area contributed by atoms with E-state index < -0.39 is 15.7 Å². The number of aromatic nitrogens is 2. The van der Waals surface area contributed by atoms with E-state index in [1.165, 1.54) is 25.1 Å². The van der Waals surface area contributed by atoms with Gasteiger partial charge in [-0.2, -0.15) is 0 Å². The average Bonchev–Trinajstić information content (AvgIpc) is 2.98. The summed E-state index contributed by atoms with van der Waals surface area (Å²) >= 11 is 0. The van der Waals surface area contributed by atoms with E-state index in [1.54, 1.807) is 19.2 Å². The summed E-state index contributed by atoms with van der Waals surface area (Å²) < 4.78 is 26.0. The summed E-state index contributed by atoms with van der Waals surface area (Å²) in [6, 6.07) is 11.1. The summed E-state index contributed by atoms with van der Waals surface area (Å²) in [5, 5.41) is 12.7. The zero-order valence-corrected chi connectivity index (χ0v) is 16.6. The SMILES string of the molecule is CCS(=O)(=O)c1ccc(O)c(NC(=O)c2cc(C)n(-c3ccccn3)c2C)c1. The third-order valence-electron chi connectivity index (χ3n) is 4.51. The molecule has 0 saturated heterocycles. The van der Waals surface area contributed by atoms with Gasteiger partial charge in [-0.05, 0) is 50.2 Å². The molecule has 7 nitrogen and oxygen atoms in total. The fourth-order valence-corrected chi connectivity index (χ4v) is 3.90. The lowest BCUT2D eigenvalue weighted by molar-refractivity contribution is 0.102. The van der Waals surface area contributed by atoms with Gasteiger partial charge < -0.3 is 15.0 Å². The molecule has 3 aromatic rings. The minimum absolute atomic E-state index is 0.0436. The lowest BCUT2D eigenvalue weighted by Crippen LogP contribution is -2.14. The van der Waals surface area contributed by atoms with Gasteiger partial charge >= 0.3 is 0 Å². The molecule has 28 heavy (non-hydrogen) atoms. The molecule has 3 rings (SSSR count). The van der Waals surface area contributed by atoms with Crippen molar-refractivity contribution in [1.29, 1.82) is 0 Å². The van der Waals surface area contributed by atoms with Crippen LogP contribution >= 0.6 is 0 Å². The third kappa shape index (κ3) is 3.63. The summed E-state index contributed by atoms with van der Waals surface area (Å²) in [4.78, 5) is 17.2. The highest BCUT2D eigenvalue weighted by atomic mass is 32.2. The van der Waals surface area contributed by atoms with Gasteiger partial charge in [-0.1, -0.05) is 13.0 Å². The van der Waals surface area contributed by atoms with Crippen molar-refractivity contribution in [2.75, 3.05) is 11.1 Å². The van der Waals surface area contributed by atoms with Crippen LogP contribution in [0.25, 0.3) is 5.82 Å². The molecular weight excluding hydrogens is 378 g/mol. The summed E-state index contributed by atoms with van der Waals surface area (Å²) in [6.07, 6.45) is 1.67. The number of carbonyl (C=O) groups is 1. The Balaban J connectivity index is 1.96. The van der Waals surface area contributed by atoms with Crippen LogP contribution in [0.1, 0.15) is 28.7 Å². The largest absolute Gasteiger partial charge is 0.506 e. The van der Waals surface area contributed by atoms with Gasteiger partial charge in [0.15, 0.2) is 9.84 Å². The van der Waals surface area contributed by atoms with Crippen molar-refractivity contribution < 1.29 is 18.3 Å². The molecule has 2 aromatic heterocycles. The van der Waals surface area contributed by atoms with E-state index in [4.69, 9.17) is 0 Å². The van der Waals surface area contributed by atoms with Gasteiger partial charge in [0.25, 0.3) is 5.91 Å². The molecule has 0 aliphatic carbocycles. The Morgan fingerprint density at radius 3 is 2.57 bits per heavy atom. The number of aryl methyl sites for hydroxylation is 1. The highest BCUT2D eigenvalue weighted by Gasteiger charge is 2.20.